The summed E-state index contributed by atoms with van der Waals surface area (Å²) >= 11 is 0. The molecule has 1 heterocycles. The van der Waals surface area contributed by atoms with E-state index in [0.717, 1.165) is 12.8 Å². The van der Waals surface area contributed by atoms with Crippen molar-refractivity contribution >= 4 is 11.7 Å². The van der Waals surface area contributed by atoms with Crippen LogP contribution in [0.2, 0.25) is 0 Å². The summed E-state index contributed by atoms with van der Waals surface area (Å²) in [7, 11) is 0. The van der Waals surface area contributed by atoms with Gasteiger partial charge >= 0.3 is 0 Å². The van der Waals surface area contributed by atoms with E-state index in [4.69, 9.17) is 5.73 Å². The van der Waals surface area contributed by atoms with Crippen molar-refractivity contribution in [1.82, 2.24) is 15.3 Å². The van der Waals surface area contributed by atoms with Gasteiger partial charge in [-0.05, 0) is 13.3 Å². The molecule has 1 aromatic rings. The van der Waals surface area contributed by atoms with E-state index in [1.165, 1.54) is 25.2 Å². The molecular weight excluding hydrogens is 216 g/mol. The number of nitrogen functional groups attached to an aromatic ring is 1. The standard InChI is InChI=1S/C12H20N4O/c1-3-4-5-6-9(2)16-12(17)10-7-15-11(13)8-14-10/h7-9H,3-6H2,1-2H3,(H2,13,15)(H,16,17). The number of hydrogen-bond acceptors (Lipinski definition) is 4. The molecular formula is C12H20N4O. The molecule has 0 aliphatic rings. The van der Waals surface area contributed by atoms with Crippen LogP contribution in [0.1, 0.15) is 50.0 Å². The van der Waals surface area contributed by atoms with Gasteiger partial charge in [-0.2, -0.15) is 0 Å². The Balaban J connectivity index is 2.40. The highest BCUT2D eigenvalue weighted by molar-refractivity contribution is 5.92. The van der Waals surface area contributed by atoms with Crippen molar-refractivity contribution in [2.45, 2.75) is 45.6 Å². The molecule has 94 valence electrons. The first-order valence-electron chi connectivity index (χ1n) is 6.02. The molecule has 0 aromatic carbocycles. The number of nitrogens with two attached hydrogens (primary N) is 1. The van der Waals surface area contributed by atoms with Gasteiger partial charge in [0.25, 0.3) is 5.91 Å². The normalized spacial score (nSPS) is 12.1. The highest BCUT2D eigenvalue weighted by Crippen LogP contribution is 2.04. The molecule has 0 saturated carbocycles. The van der Waals surface area contributed by atoms with Crippen molar-refractivity contribution in [2.75, 3.05) is 5.73 Å². The van der Waals surface area contributed by atoms with Crippen LogP contribution >= 0.6 is 0 Å². The lowest BCUT2D eigenvalue weighted by molar-refractivity contribution is 0.0932. The molecule has 0 spiro atoms. The number of unbranched alkanes of at least 4 members (excludes halogenated alkanes) is 2. The van der Waals surface area contributed by atoms with E-state index in [1.54, 1.807) is 0 Å². The van der Waals surface area contributed by atoms with Crippen molar-refractivity contribution in [3.63, 3.8) is 0 Å². The Bertz CT molecular complexity index is 350. The third-order valence-electron chi connectivity index (χ3n) is 2.52. The number of anilines is 1. The predicted octanol–water partition coefficient (Wildman–Crippen LogP) is 1.76. The second kappa shape index (κ2) is 6.83. The van der Waals surface area contributed by atoms with Gasteiger partial charge < -0.3 is 11.1 Å². The van der Waals surface area contributed by atoms with Gasteiger partial charge in [0, 0.05) is 6.04 Å². The molecule has 1 rings (SSSR count). The fourth-order valence-electron chi connectivity index (χ4n) is 1.53. The average Bonchev–Trinajstić information content (AvgIpc) is 2.30. The Hall–Kier alpha value is -1.65. The smallest absolute Gasteiger partial charge is 0.271 e. The lowest BCUT2D eigenvalue weighted by Gasteiger charge is -2.12. The van der Waals surface area contributed by atoms with E-state index in [2.05, 4.69) is 22.2 Å². The summed E-state index contributed by atoms with van der Waals surface area (Å²) in [6.07, 6.45) is 7.28. The average molecular weight is 236 g/mol. The molecule has 17 heavy (non-hydrogen) atoms. The number of nitrogens with one attached hydrogen (secondary N) is 1. The van der Waals surface area contributed by atoms with Crippen molar-refractivity contribution in [3.05, 3.63) is 18.1 Å². The van der Waals surface area contributed by atoms with Gasteiger partial charge in [-0.15, -0.1) is 0 Å². The number of amides is 1. The van der Waals surface area contributed by atoms with Gasteiger partial charge in [0.15, 0.2) is 0 Å². The quantitative estimate of drug-likeness (QED) is 0.737. The van der Waals surface area contributed by atoms with Crippen molar-refractivity contribution in [1.29, 1.82) is 0 Å². The van der Waals surface area contributed by atoms with Crippen LogP contribution < -0.4 is 11.1 Å². The second-order valence-corrected chi connectivity index (χ2v) is 4.20. The number of hydrogen-bond donors (Lipinski definition) is 2. The van der Waals surface area contributed by atoms with Crippen molar-refractivity contribution < 1.29 is 4.79 Å². The van der Waals surface area contributed by atoms with E-state index in [1.807, 2.05) is 6.92 Å². The zero-order chi connectivity index (χ0) is 12.7. The van der Waals surface area contributed by atoms with Gasteiger partial charge in [0.1, 0.15) is 11.5 Å². The molecule has 1 unspecified atom stereocenters. The number of aromatic nitrogens is 2. The summed E-state index contributed by atoms with van der Waals surface area (Å²) < 4.78 is 0. The minimum absolute atomic E-state index is 0.161. The maximum absolute atomic E-state index is 11.7. The molecule has 0 fully saturated rings. The zero-order valence-electron chi connectivity index (χ0n) is 10.4. The maximum atomic E-state index is 11.7. The van der Waals surface area contributed by atoms with Gasteiger partial charge in [-0.1, -0.05) is 26.2 Å². The summed E-state index contributed by atoms with van der Waals surface area (Å²) in [5, 5.41) is 2.89. The second-order valence-electron chi connectivity index (χ2n) is 4.20. The van der Waals surface area contributed by atoms with E-state index < -0.39 is 0 Å². The van der Waals surface area contributed by atoms with Gasteiger partial charge in [-0.3, -0.25) is 4.79 Å². The van der Waals surface area contributed by atoms with E-state index in [0.29, 0.717) is 11.5 Å². The summed E-state index contributed by atoms with van der Waals surface area (Å²) in [5.74, 6) is 0.124. The zero-order valence-corrected chi connectivity index (χ0v) is 10.4. The number of carbonyl (C=O) groups is 1. The molecule has 0 radical (unpaired) electrons. The number of rotatable bonds is 6. The molecule has 0 bridgehead atoms. The Morgan fingerprint density at radius 2 is 2.18 bits per heavy atom. The fraction of sp³-hybridized carbons (Fsp3) is 0.583. The summed E-state index contributed by atoms with van der Waals surface area (Å²) in [4.78, 5) is 19.5. The van der Waals surface area contributed by atoms with Crippen LogP contribution in [-0.4, -0.2) is 21.9 Å². The largest absolute Gasteiger partial charge is 0.382 e. The molecule has 1 aromatic heterocycles. The Morgan fingerprint density at radius 1 is 1.41 bits per heavy atom. The molecule has 3 N–H and O–H groups in total. The summed E-state index contributed by atoms with van der Waals surface area (Å²) in [5.41, 5.74) is 5.71. The van der Waals surface area contributed by atoms with Crippen molar-refractivity contribution in [2.24, 2.45) is 0 Å². The van der Waals surface area contributed by atoms with Crippen LogP contribution in [0.15, 0.2) is 12.4 Å². The Kier molecular flexibility index (Phi) is 5.39. The Labute approximate surface area is 102 Å². The minimum atomic E-state index is -0.193. The third-order valence-corrected chi connectivity index (χ3v) is 2.52. The topological polar surface area (TPSA) is 80.9 Å². The third kappa shape index (κ3) is 4.80. The van der Waals surface area contributed by atoms with Gasteiger partial charge in [0.2, 0.25) is 0 Å². The van der Waals surface area contributed by atoms with Crippen LogP contribution in [0.4, 0.5) is 5.82 Å². The van der Waals surface area contributed by atoms with Crippen molar-refractivity contribution in [3.8, 4) is 0 Å². The minimum Gasteiger partial charge on any atom is -0.382 e. The van der Waals surface area contributed by atoms with Crippen LogP contribution in [0.5, 0.6) is 0 Å². The lowest BCUT2D eigenvalue weighted by atomic mass is 10.1. The van der Waals surface area contributed by atoms with Crippen LogP contribution in [0.3, 0.4) is 0 Å². The molecule has 0 aliphatic heterocycles. The van der Waals surface area contributed by atoms with Crippen LogP contribution in [-0.2, 0) is 0 Å². The first-order chi connectivity index (χ1) is 8.13. The first kappa shape index (κ1) is 13.4. The van der Waals surface area contributed by atoms with E-state index in [-0.39, 0.29) is 11.9 Å². The predicted molar refractivity (Wildman–Crippen MR) is 67.5 cm³/mol. The summed E-state index contributed by atoms with van der Waals surface area (Å²) in [6.45, 7) is 4.16. The molecule has 1 amide bonds. The first-order valence-corrected chi connectivity index (χ1v) is 6.02. The number of carbonyl (C=O) groups excluding carboxylic acids is 1. The fourth-order valence-corrected chi connectivity index (χ4v) is 1.53. The molecule has 0 saturated heterocycles. The molecule has 0 aliphatic carbocycles. The van der Waals surface area contributed by atoms with E-state index >= 15 is 0 Å². The molecule has 1 atom stereocenters. The monoisotopic (exact) mass is 236 g/mol. The van der Waals surface area contributed by atoms with Crippen LogP contribution in [0.25, 0.3) is 0 Å². The summed E-state index contributed by atoms with van der Waals surface area (Å²) in [6, 6.07) is 0.161. The SMILES string of the molecule is CCCCCC(C)NC(=O)c1cnc(N)cn1. The molecule has 5 nitrogen and oxygen atoms in total. The lowest BCUT2D eigenvalue weighted by Crippen LogP contribution is -2.33. The highest BCUT2D eigenvalue weighted by atomic mass is 16.1. The maximum Gasteiger partial charge on any atom is 0.271 e. The Morgan fingerprint density at radius 3 is 2.76 bits per heavy atom. The molecule has 5 heteroatoms. The van der Waals surface area contributed by atoms with E-state index in [9.17, 15) is 4.79 Å². The number of nitrogens with zero attached hydrogens (tertiary/aromatic N) is 2. The van der Waals surface area contributed by atoms with Gasteiger partial charge in [-0.25, -0.2) is 9.97 Å². The van der Waals surface area contributed by atoms with Gasteiger partial charge in [0.05, 0.1) is 12.4 Å². The van der Waals surface area contributed by atoms with Crippen LogP contribution in [0, 0.1) is 0 Å². The highest BCUT2D eigenvalue weighted by Gasteiger charge is 2.10.